The lowest BCUT2D eigenvalue weighted by atomic mass is 9.93. The lowest BCUT2D eigenvalue weighted by molar-refractivity contribution is 0.719. The van der Waals surface area contributed by atoms with Gasteiger partial charge in [0.15, 0.2) is 0 Å². The van der Waals surface area contributed by atoms with Gasteiger partial charge in [-0.1, -0.05) is 25.8 Å². The average Bonchev–Trinajstić information content (AvgIpc) is 2.79. The van der Waals surface area contributed by atoms with Crippen LogP contribution in [0.25, 0.3) is 5.57 Å². The minimum Gasteiger partial charge on any atom is -0.148 e. The van der Waals surface area contributed by atoms with Crippen LogP contribution in [0.1, 0.15) is 62.3 Å². The zero-order chi connectivity index (χ0) is 11.2. The Balaban J connectivity index is 2.03. The number of thiophene rings is 1. The molecule has 1 aromatic rings. The Hall–Kier alpha value is -0.560. The molecular weight excluding hydrogens is 212 g/mol. The van der Waals surface area contributed by atoms with Crippen molar-refractivity contribution >= 4 is 16.9 Å². The van der Waals surface area contributed by atoms with Crippen LogP contribution in [-0.4, -0.2) is 0 Å². The Labute approximate surface area is 103 Å². The molecule has 1 aromatic heterocycles. The molecule has 0 amide bonds. The van der Waals surface area contributed by atoms with Crippen LogP contribution in [-0.2, 0) is 6.42 Å². The fourth-order valence-corrected chi connectivity index (χ4v) is 3.40. The van der Waals surface area contributed by atoms with E-state index in [4.69, 9.17) is 0 Å². The molecule has 2 rings (SSSR count). The highest BCUT2D eigenvalue weighted by Gasteiger charge is 2.11. The number of unbranched alkanes of at least 4 members (excludes halogenated alkanes) is 2. The molecule has 0 unspecified atom stereocenters. The largest absolute Gasteiger partial charge is 0.148 e. The van der Waals surface area contributed by atoms with Crippen molar-refractivity contribution < 1.29 is 0 Å². The third kappa shape index (κ3) is 2.98. The summed E-state index contributed by atoms with van der Waals surface area (Å²) in [5.74, 6) is 0. The van der Waals surface area contributed by atoms with Crippen LogP contribution in [0.2, 0.25) is 0 Å². The number of aryl methyl sites for hydroxylation is 1. The van der Waals surface area contributed by atoms with Gasteiger partial charge >= 0.3 is 0 Å². The van der Waals surface area contributed by atoms with Crippen LogP contribution in [0, 0.1) is 0 Å². The van der Waals surface area contributed by atoms with E-state index >= 15 is 0 Å². The molecule has 0 saturated carbocycles. The molecule has 1 heterocycles. The standard InChI is InChI=1S/C15H22S/c1-2-3-5-10-15-14(11-12-16-15)13-8-6-4-7-9-13/h8,11-12H,2-7,9-10H2,1H3. The first-order valence-electron chi connectivity index (χ1n) is 6.67. The van der Waals surface area contributed by atoms with Crippen LogP contribution in [0.15, 0.2) is 17.5 Å². The molecule has 88 valence electrons. The fourth-order valence-electron chi connectivity index (χ4n) is 2.44. The lowest BCUT2D eigenvalue weighted by Crippen LogP contribution is -1.94. The second kappa shape index (κ2) is 6.24. The van der Waals surface area contributed by atoms with Crippen molar-refractivity contribution in [1.29, 1.82) is 0 Å². The molecule has 0 fully saturated rings. The third-order valence-corrected chi connectivity index (χ3v) is 4.37. The van der Waals surface area contributed by atoms with Gasteiger partial charge in [-0.3, -0.25) is 0 Å². The van der Waals surface area contributed by atoms with Gasteiger partial charge in [0.2, 0.25) is 0 Å². The second-order valence-corrected chi connectivity index (χ2v) is 5.69. The van der Waals surface area contributed by atoms with Crippen LogP contribution >= 0.6 is 11.3 Å². The first kappa shape index (κ1) is 11.9. The Morgan fingerprint density at radius 3 is 2.94 bits per heavy atom. The number of hydrogen-bond acceptors (Lipinski definition) is 1. The van der Waals surface area contributed by atoms with Crippen molar-refractivity contribution in [1.82, 2.24) is 0 Å². The maximum Gasteiger partial charge on any atom is 0.0120 e. The minimum absolute atomic E-state index is 1.29. The molecule has 0 spiro atoms. The summed E-state index contributed by atoms with van der Waals surface area (Å²) in [6.07, 6.45) is 13.2. The monoisotopic (exact) mass is 234 g/mol. The lowest BCUT2D eigenvalue weighted by Gasteiger charge is -2.13. The highest BCUT2D eigenvalue weighted by atomic mass is 32.1. The van der Waals surface area contributed by atoms with Gasteiger partial charge in [0, 0.05) is 4.88 Å². The second-order valence-electron chi connectivity index (χ2n) is 4.69. The fraction of sp³-hybridized carbons (Fsp3) is 0.600. The van der Waals surface area contributed by atoms with E-state index in [1.165, 1.54) is 51.4 Å². The predicted octanol–water partition coefficient (Wildman–Crippen LogP) is 5.44. The predicted molar refractivity (Wildman–Crippen MR) is 74.0 cm³/mol. The topological polar surface area (TPSA) is 0 Å². The Kier molecular flexibility index (Phi) is 4.65. The molecule has 1 heteroatoms. The van der Waals surface area contributed by atoms with Crippen molar-refractivity contribution in [3.63, 3.8) is 0 Å². The highest BCUT2D eigenvalue weighted by molar-refractivity contribution is 7.10. The normalized spacial score (nSPS) is 16.2. The van der Waals surface area contributed by atoms with Crippen molar-refractivity contribution in [2.45, 2.75) is 58.3 Å². The summed E-state index contributed by atoms with van der Waals surface area (Å²) >= 11 is 1.95. The summed E-state index contributed by atoms with van der Waals surface area (Å²) in [4.78, 5) is 1.63. The Morgan fingerprint density at radius 1 is 1.25 bits per heavy atom. The van der Waals surface area contributed by atoms with Crippen LogP contribution in [0.5, 0.6) is 0 Å². The van der Waals surface area contributed by atoms with E-state index < -0.39 is 0 Å². The number of hydrogen-bond donors (Lipinski definition) is 0. The molecular formula is C15H22S. The zero-order valence-electron chi connectivity index (χ0n) is 10.3. The van der Waals surface area contributed by atoms with Crippen molar-refractivity contribution in [2.24, 2.45) is 0 Å². The minimum atomic E-state index is 1.29. The molecule has 0 N–H and O–H groups in total. The molecule has 0 nitrogen and oxygen atoms in total. The molecule has 1 aliphatic carbocycles. The van der Waals surface area contributed by atoms with Crippen molar-refractivity contribution in [3.8, 4) is 0 Å². The van der Waals surface area contributed by atoms with Gasteiger partial charge in [-0.05, 0) is 61.1 Å². The van der Waals surface area contributed by atoms with Crippen molar-refractivity contribution in [2.75, 3.05) is 0 Å². The summed E-state index contributed by atoms with van der Waals surface area (Å²) < 4.78 is 0. The van der Waals surface area contributed by atoms with Gasteiger partial charge in [-0.15, -0.1) is 11.3 Å². The average molecular weight is 234 g/mol. The molecule has 0 atom stereocenters. The number of rotatable bonds is 5. The van der Waals surface area contributed by atoms with E-state index in [-0.39, 0.29) is 0 Å². The number of allylic oxidation sites excluding steroid dienone is 2. The van der Waals surface area contributed by atoms with E-state index in [0.717, 1.165) is 0 Å². The van der Waals surface area contributed by atoms with Crippen molar-refractivity contribution in [3.05, 3.63) is 28.0 Å². The molecule has 16 heavy (non-hydrogen) atoms. The quantitative estimate of drug-likeness (QED) is 0.595. The van der Waals surface area contributed by atoms with E-state index in [1.54, 1.807) is 16.0 Å². The molecule has 0 aliphatic heterocycles. The van der Waals surface area contributed by atoms with Crippen LogP contribution in [0.4, 0.5) is 0 Å². The van der Waals surface area contributed by atoms with Gasteiger partial charge in [0.1, 0.15) is 0 Å². The summed E-state index contributed by atoms with van der Waals surface area (Å²) in [7, 11) is 0. The Morgan fingerprint density at radius 2 is 2.19 bits per heavy atom. The first-order valence-corrected chi connectivity index (χ1v) is 7.55. The van der Waals surface area contributed by atoms with Gasteiger partial charge < -0.3 is 0 Å². The van der Waals surface area contributed by atoms with E-state index in [9.17, 15) is 0 Å². The molecule has 0 bridgehead atoms. The maximum atomic E-state index is 2.47. The summed E-state index contributed by atoms with van der Waals surface area (Å²) in [5, 5.41) is 2.27. The van der Waals surface area contributed by atoms with Crippen LogP contribution in [0.3, 0.4) is 0 Å². The maximum absolute atomic E-state index is 2.47. The molecule has 0 aromatic carbocycles. The smallest absolute Gasteiger partial charge is 0.0120 e. The van der Waals surface area contributed by atoms with Crippen LogP contribution < -0.4 is 0 Å². The van der Waals surface area contributed by atoms with E-state index in [2.05, 4.69) is 24.4 Å². The third-order valence-electron chi connectivity index (χ3n) is 3.39. The summed E-state index contributed by atoms with van der Waals surface area (Å²) in [6, 6.07) is 2.34. The molecule has 1 aliphatic rings. The van der Waals surface area contributed by atoms with E-state index in [0.29, 0.717) is 0 Å². The van der Waals surface area contributed by atoms with Gasteiger partial charge in [0.25, 0.3) is 0 Å². The van der Waals surface area contributed by atoms with Gasteiger partial charge in [0.05, 0.1) is 0 Å². The first-order chi connectivity index (χ1) is 7.92. The van der Waals surface area contributed by atoms with E-state index in [1.807, 2.05) is 11.3 Å². The SMILES string of the molecule is CCCCCc1sccc1C1=CCCCC1. The molecule has 0 saturated heterocycles. The summed E-state index contributed by atoms with van der Waals surface area (Å²) in [5.41, 5.74) is 3.19. The zero-order valence-corrected chi connectivity index (χ0v) is 11.1. The Bertz CT molecular complexity index is 346. The van der Waals surface area contributed by atoms with Gasteiger partial charge in [-0.25, -0.2) is 0 Å². The van der Waals surface area contributed by atoms with Gasteiger partial charge in [-0.2, -0.15) is 0 Å². The molecule has 0 radical (unpaired) electrons. The highest BCUT2D eigenvalue weighted by Crippen LogP contribution is 2.32. The summed E-state index contributed by atoms with van der Waals surface area (Å²) in [6.45, 7) is 2.28.